The average molecular weight is 352 g/mol. The summed E-state index contributed by atoms with van der Waals surface area (Å²) in [4.78, 5) is 24.5. The number of rotatable bonds is 3. The molecule has 1 saturated carbocycles. The van der Waals surface area contributed by atoms with Crippen LogP contribution in [0.15, 0.2) is 39.5 Å². The maximum absolute atomic E-state index is 12.4. The minimum Gasteiger partial charge on any atom is -0.497 e. The molecule has 0 bridgehead atoms. The Bertz CT molecular complexity index is 1060. The van der Waals surface area contributed by atoms with E-state index in [4.69, 9.17) is 13.9 Å². The number of Topliss-reactive ketones (excluding diaryl/α,β-unsaturated/α-hetero) is 1. The Morgan fingerprint density at radius 3 is 2.62 bits per heavy atom. The molecule has 1 aliphatic rings. The number of carbonyl (C=O) groups excluding carboxylic acids is 1. The van der Waals surface area contributed by atoms with Crippen molar-refractivity contribution in [3.8, 4) is 11.5 Å². The van der Waals surface area contributed by atoms with Gasteiger partial charge in [-0.05, 0) is 56.5 Å². The normalized spacial score (nSPS) is 17.6. The van der Waals surface area contributed by atoms with E-state index in [1.54, 1.807) is 13.2 Å². The Kier molecular flexibility index (Phi) is 4.15. The summed E-state index contributed by atoms with van der Waals surface area (Å²) in [6, 6.07) is 9.09. The second kappa shape index (κ2) is 6.48. The monoisotopic (exact) mass is 352 g/mol. The zero-order chi connectivity index (χ0) is 18.3. The highest BCUT2D eigenvalue weighted by molar-refractivity contribution is 6.06. The van der Waals surface area contributed by atoms with Crippen molar-refractivity contribution in [2.45, 2.75) is 38.7 Å². The van der Waals surface area contributed by atoms with Gasteiger partial charge in [0.25, 0.3) is 0 Å². The predicted octanol–water partition coefficient (Wildman–Crippen LogP) is 4.15. The molecule has 1 fully saturated rings. The van der Waals surface area contributed by atoms with Crippen LogP contribution in [-0.2, 0) is 4.79 Å². The molecule has 1 unspecified atom stereocenters. The van der Waals surface area contributed by atoms with E-state index in [-0.39, 0.29) is 5.78 Å². The second-order valence-corrected chi connectivity index (χ2v) is 6.69. The van der Waals surface area contributed by atoms with Crippen LogP contribution in [0.2, 0.25) is 0 Å². The molecule has 0 radical (unpaired) electrons. The number of carbonyl (C=O) groups is 1. The fourth-order valence-corrected chi connectivity index (χ4v) is 3.58. The van der Waals surface area contributed by atoms with Crippen molar-refractivity contribution in [3.63, 3.8) is 0 Å². The molecular weight excluding hydrogens is 332 g/mol. The van der Waals surface area contributed by atoms with E-state index in [0.717, 1.165) is 35.6 Å². The molecule has 0 spiro atoms. The van der Waals surface area contributed by atoms with Crippen LogP contribution in [0.4, 0.5) is 0 Å². The number of hydrogen-bond donors (Lipinski definition) is 0. The first-order chi connectivity index (χ1) is 12.6. The van der Waals surface area contributed by atoms with Crippen molar-refractivity contribution in [2.75, 3.05) is 7.11 Å². The van der Waals surface area contributed by atoms with Crippen molar-refractivity contribution in [2.24, 2.45) is 0 Å². The molecule has 134 valence electrons. The van der Waals surface area contributed by atoms with Gasteiger partial charge in [0, 0.05) is 22.8 Å². The van der Waals surface area contributed by atoms with Crippen molar-refractivity contribution >= 4 is 27.5 Å². The summed E-state index contributed by atoms with van der Waals surface area (Å²) in [5.74, 6) is 1.34. The van der Waals surface area contributed by atoms with Crippen LogP contribution < -0.4 is 15.1 Å². The van der Waals surface area contributed by atoms with Crippen LogP contribution in [0, 0.1) is 6.92 Å². The molecular formula is C21H20O5. The smallest absolute Gasteiger partial charge is 0.344 e. The van der Waals surface area contributed by atoms with E-state index in [1.165, 1.54) is 0 Å². The summed E-state index contributed by atoms with van der Waals surface area (Å²) in [5.41, 5.74) is 0.810. The molecule has 1 heterocycles. The topological polar surface area (TPSA) is 65.7 Å². The van der Waals surface area contributed by atoms with Crippen LogP contribution >= 0.6 is 0 Å². The van der Waals surface area contributed by atoms with E-state index in [1.807, 2.05) is 31.2 Å². The van der Waals surface area contributed by atoms with E-state index in [9.17, 15) is 9.59 Å². The number of ether oxygens (including phenoxy) is 2. The van der Waals surface area contributed by atoms with Gasteiger partial charge in [0.2, 0.25) is 0 Å². The summed E-state index contributed by atoms with van der Waals surface area (Å²) in [6.07, 6.45) is 2.82. The lowest BCUT2D eigenvalue weighted by molar-refractivity contribution is -0.127. The number of benzene rings is 2. The minimum atomic E-state index is -0.416. The predicted molar refractivity (Wildman–Crippen MR) is 99.2 cm³/mol. The largest absolute Gasteiger partial charge is 0.497 e. The average Bonchev–Trinajstić information content (AvgIpc) is 2.66. The Morgan fingerprint density at radius 2 is 1.85 bits per heavy atom. The van der Waals surface area contributed by atoms with Crippen LogP contribution in [0.3, 0.4) is 0 Å². The molecule has 0 saturated heterocycles. The minimum absolute atomic E-state index is 0.141. The van der Waals surface area contributed by atoms with Gasteiger partial charge >= 0.3 is 5.63 Å². The van der Waals surface area contributed by atoms with Crippen LogP contribution in [-0.4, -0.2) is 19.0 Å². The van der Waals surface area contributed by atoms with E-state index in [0.29, 0.717) is 28.9 Å². The standard InChI is InChI=1S/C21H20O5/c1-12-18(25-19-6-4-3-5-17(19)22)10-9-15-14-8-7-13(24-2)11-16(14)21(23)26-20(12)15/h7-11,19H,3-6H2,1-2H3. The maximum atomic E-state index is 12.4. The molecule has 1 aromatic heterocycles. The summed E-state index contributed by atoms with van der Waals surface area (Å²) < 4.78 is 16.7. The van der Waals surface area contributed by atoms with Crippen LogP contribution in [0.1, 0.15) is 31.2 Å². The van der Waals surface area contributed by atoms with E-state index < -0.39 is 11.7 Å². The molecule has 3 aromatic rings. The Hall–Kier alpha value is -2.82. The van der Waals surface area contributed by atoms with Gasteiger partial charge < -0.3 is 13.9 Å². The highest BCUT2D eigenvalue weighted by Gasteiger charge is 2.25. The van der Waals surface area contributed by atoms with Crippen molar-refractivity contribution in [1.82, 2.24) is 0 Å². The number of hydrogen-bond acceptors (Lipinski definition) is 5. The second-order valence-electron chi connectivity index (χ2n) is 6.69. The van der Waals surface area contributed by atoms with Crippen LogP contribution in [0.25, 0.3) is 21.7 Å². The van der Waals surface area contributed by atoms with Gasteiger partial charge in [-0.3, -0.25) is 4.79 Å². The Labute approximate surface area is 150 Å². The third-order valence-corrected chi connectivity index (χ3v) is 5.06. The van der Waals surface area contributed by atoms with Crippen molar-refractivity contribution in [1.29, 1.82) is 0 Å². The van der Waals surface area contributed by atoms with Gasteiger partial charge in [0.05, 0.1) is 12.5 Å². The number of methoxy groups -OCH3 is 1. The van der Waals surface area contributed by atoms with E-state index in [2.05, 4.69) is 0 Å². The first kappa shape index (κ1) is 16.6. The third kappa shape index (κ3) is 2.73. The van der Waals surface area contributed by atoms with Gasteiger partial charge in [-0.1, -0.05) is 0 Å². The van der Waals surface area contributed by atoms with Crippen molar-refractivity contribution in [3.05, 3.63) is 46.3 Å². The van der Waals surface area contributed by atoms with Gasteiger partial charge in [0.1, 0.15) is 17.1 Å². The molecule has 0 N–H and O–H groups in total. The molecule has 5 heteroatoms. The third-order valence-electron chi connectivity index (χ3n) is 5.06. The molecule has 0 aliphatic heterocycles. The lowest BCUT2D eigenvalue weighted by Crippen LogP contribution is -2.30. The van der Waals surface area contributed by atoms with Crippen LogP contribution in [0.5, 0.6) is 11.5 Å². The van der Waals surface area contributed by atoms with Gasteiger partial charge in [-0.2, -0.15) is 0 Å². The fraction of sp³-hybridized carbons (Fsp3) is 0.333. The number of aryl methyl sites for hydroxylation is 1. The number of fused-ring (bicyclic) bond motifs is 3. The summed E-state index contributed by atoms with van der Waals surface area (Å²) in [6.45, 7) is 1.85. The SMILES string of the molecule is COc1ccc2c(c1)c(=O)oc1c(C)c(OC3CCCCC3=O)ccc12. The first-order valence-electron chi connectivity index (χ1n) is 8.82. The first-order valence-corrected chi connectivity index (χ1v) is 8.82. The number of ketones is 1. The molecule has 4 rings (SSSR count). The molecule has 1 aliphatic carbocycles. The zero-order valence-electron chi connectivity index (χ0n) is 14.8. The summed E-state index contributed by atoms with van der Waals surface area (Å²) in [5, 5.41) is 2.12. The molecule has 2 aromatic carbocycles. The molecule has 0 amide bonds. The molecule has 5 nitrogen and oxygen atoms in total. The van der Waals surface area contributed by atoms with E-state index >= 15 is 0 Å². The summed E-state index contributed by atoms with van der Waals surface area (Å²) >= 11 is 0. The lowest BCUT2D eigenvalue weighted by atomic mass is 9.96. The van der Waals surface area contributed by atoms with Gasteiger partial charge in [-0.15, -0.1) is 0 Å². The Morgan fingerprint density at radius 1 is 1.04 bits per heavy atom. The quantitative estimate of drug-likeness (QED) is 0.523. The molecule has 1 atom stereocenters. The maximum Gasteiger partial charge on any atom is 0.344 e. The lowest BCUT2D eigenvalue weighted by Gasteiger charge is -2.23. The summed E-state index contributed by atoms with van der Waals surface area (Å²) in [7, 11) is 1.56. The van der Waals surface area contributed by atoms with Crippen molar-refractivity contribution < 1.29 is 18.7 Å². The van der Waals surface area contributed by atoms with Gasteiger partial charge in [0.15, 0.2) is 11.9 Å². The van der Waals surface area contributed by atoms with Gasteiger partial charge in [-0.25, -0.2) is 4.79 Å². The Balaban J connectivity index is 1.84. The highest BCUT2D eigenvalue weighted by Crippen LogP contribution is 2.33. The zero-order valence-corrected chi connectivity index (χ0v) is 14.8. The highest BCUT2D eigenvalue weighted by atomic mass is 16.5. The fourth-order valence-electron chi connectivity index (χ4n) is 3.58. The molecule has 26 heavy (non-hydrogen) atoms.